The molecule has 0 bridgehead atoms. The van der Waals surface area contributed by atoms with E-state index in [0.29, 0.717) is 6.54 Å². The smallest absolute Gasteiger partial charge is 0.257 e. The van der Waals surface area contributed by atoms with E-state index in [1.807, 2.05) is 6.92 Å². The Morgan fingerprint density at radius 1 is 1.53 bits per heavy atom. The highest BCUT2D eigenvalue weighted by atomic mass is 35.5. The van der Waals surface area contributed by atoms with Gasteiger partial charge in [0.05, 0.1) is 5.56 Å². The van der Waals surface area contributed by atoms with Crippen LogP contribution in [0.3, 0.4) is 0 Å². The number of nitrogens with zero attached hydrogens (tertiary/aromatic N) is 2. The van der Waals surface area contributed by atoms with Crippen LogP contribution in [0.2, 0.25) is 10.3 Å². The van der Waals surface area contributed by atoms with Crippen molar-refractivity contribution < 1.29 is 9.18 Å². The Bertz CT molecular complexity index is 467. The summed E-state index contributed by atoms with van der Waals surface area (Å²) >= 11 is 11.3. The van der Waals surface area contributed by atoms with Crippen molar-refractivity contribution >= 4 is 29.1 Å². The van der Waals surface area contributed by atoms with E-state index in [1.165, 1.54) is 0 Å². The van der Waals surface area contributed by atoms with Gasteiger partial charge in [-0.1, -0.05) is 23.2 Å². The summed E-state index contributed by atoms with van der Waals surface area (Å²) in [4.78, 5) is 17.4. The van der Waals surface area contributed by atoms with Crippen molar-refractivity contribution in [1.29, 1.82) is 0 Å². The highest BCUT2D eigenvalue weighted by Gasteiger charge is 2.28. The van der Waals surface area contributed by atoms with E-state index in [4.69, 9.17) is 23.2 Å². The Kier molecular flexibility index (Phi) is 3.54. The van der Waals surface area contributed by atoms with Crippen molar-refractivity contribution in [3.63, 3.8) is 0 Å². The number of aromatic nitrogens is 1. The Labute approximate surface area is 109 Å². The molecule has 2 heterocycles. The summed E-state index contributed by atoms with van der Waals surface area (Å²) in [6.07, 6.45) is 1.90. The quantitative estimate of drug-likeness (QED) is 0.739. The number of pyridine rings is 1. The number of hydrogen-bond acceptors (Lipinski definition) is 2. The van der Waals surface area contributed by atoms with Crippen molar-refractivity contribution in [2.24, 2.45) is 0 Å². The minimum Gasteiger partial charge on any atom is -0.336 e. The average Bonchev–Trinajstić information content (AvgIpc) is 2.69. The molecule has 0 N–H and O–H groups in total. The van der Waals surface area contributed by atoms with E-state index < -0.39 is 5.82 Å². The molecule has 0 saturated carbocycles. The summed E-state index contributed by atoms with van der Waals surface area (Å²) in [5.41, 5.74) is 0.0716. The standard InChI is InChI=1S/C11H11Cl2FN2O/c1-6-3-2-4-16(6)11(17)7-5-8(14)10(13)15-9(7)12/h5-6H,2-4H2,1H3. The third-order valence-corrected chi connectivity index (χ3v) is 3.48. The molecule has 3 nitrogen and oxygen atoms in total. The van der Waals surface area contributed by atoms with Gasteiger partial charge in [-0.05, 0) is 25.8 Å². The number of rotatable bonds is 1. The van der Waals surface area contributed by atoms with Crippen LogP contribution in [-0.2, 0) is 0 Å². The maximum Gasteiger partial charge on any atom is 0.257 e. The minimum absolute atomic E-state index is 0.0551. The summed E-state index contributed by atoms with van der Waals surface area (Å²) in [6, 6.07) is 1.20. The van der Waals surface area contributed by atoms with Crippen LogP contribution < -0.4 is 0 Å². The van der Waals surface area contributed by atoms with Gasteiger partial charge < -0.3 is 4.90 Å². The van der Waals surface area contributed by atoms with E-state index in [-0.39, 0.29) is 27.8 Å². The van der Waals surface area contributed by atoms with E-state index in [2.05, 4.69) is 4.98 Å². The van der Waals surface area contributed by atoms with Crippen LogP contribution in [0.5, 0.6) is 0 Å². The second kappa shape index (κ2) is 4.78. The first-order chi connectivity index (χ1) is 8.00. The fraction of sp³-hybridized carbons (Fsp3) is 0.455. The second-order valence-electron chi connectivity index (χ2n) is 4.09. The molecule has 0 spiro atoms. The Morgan fingerprint density at radius 3 is 2.82 bits per heavy atom. The van der Waals surface area contributed by atoms with E-state index in [0.717, 1.165) is 18.9 Å². The number of amides is 1. The summed E-state index contributed by atoms with van der Waals surface area (Å²) in [6.45, 7) is 2.62. The van der Waals surface area contributed by atoms with Gasteiger partial charge in [0.2, 0.25) is 0 Å². The highest BCUT2D eigenvalue weighted by Crippen LogP contribution is 2.25. The molecule has 6 heteroatoms. The van der Waals surface area contributed by atoms with Gasteiger partial charge in [0.15, 0.2) is 11.0 Å². The zero-order valence-corrected chi connectivity index (χ0v) is 10.7. The van der Waals surface area contributed by atoms with Gasteiger partial charge in [-0.25, -0.2) is 9.37 Å². The van der Waals surface area contributed by atoms with Gasteiger partial charge in [0.1, 0.15) is 5.15 Å². The molecule has 1 unspecified atom stereocenters. The Balaban J connectivity index is 2.34. The SMILES string of the molecule is CC1CCCN1C(=O)c1cc(F)c(Cl)nc1Cl. The Hall–Kier alpha value is -0.870. The summed E-state index contributed by atoms with van der Waals surface area (Å²) < 4.78 is 13.3. The third kappa shape index (κ3) is 2.38. The fourth-order valence-corrected chi connectivity index (χ4v) is 2.39. The molecule has 1 aliphatic heterocycles. The van der Waals surface area contributed by atoms with Gasteiger partial charge in [0, 0.05) is 12.6 Å². The molecule has 1 aliphatic rings. The monoisotopic (exact) mass is 276 g/mol. The summed E-state index contributed by atoms with van der Waals surface area (Å²) in [5, 5.41) is -0.374. The lowest BCUT2D eigenvalue weighted by molar-refractivity contribution is 0.0746. The molecule has 92 valence electrons. The molecule has 1 aromatic heterocycles. The first-order valence-corrected chi connectivity index (χ1v) is 6.09. The molecule has 0 aromatic carbocycles. The van der Waals surface area contributed by atoms with Gasteiger partial charge in [-0.3, -0.25) is 4.79 Å². The number of hydrogen-bond donors (Lipinski definition) is 0. The molecule has 2 rings (SSSR count). The molecule has 1 atom stereocenters. The van der Waals surface area contributed by atoms with Crippen LogP contribution in [0.15, 0.2) is 6.07 Å². The molecule has 17 heavy (non-hydrogen) atoms. The van der Waals surface area contributed by atoms with Gasteiger partial charge in [-0.15, -0.1) is 0 Å². The van der Waals surface area contributed by atoms with Gasteiger partial charge in [0.25, 0.3) is 5.91 Å². The molecule has 0 radical (unpaired) electrons. The zero-order valence-electron chi connectivity index (χ0n) is 9.21. The maximum absolute atomic E-state index is 13.3. The summed E-state index contributed by atoms with van der Waals surface area (Å²) in [5.74, 6) is -1.02. The predicted molar refractivity (Wildman–Crippen MR) is 63.9 cm³/mol. The van der Waals surface area contributed by atoms with E-state index >= 15 is 0 Å². The van der Waals surface area contributed by atoms with Crippen molar-refractivity contribution in [1.82, 2.24) is 9.88 Å². The van der Waals surface area contributed by atoms with Crippen LogP contribution in [-0.4, -0.2) is 28.4 Å². The lowest BCUT2D eigenvalue weighted by Gasteiger charge is -2.21. The maximum atomic E-state index is 13.3. The third-order valence-electron chi connectivity index (χ3n) is 2.93. The van der Waals surface area contributed by atoms with Crippen LogP contribution in [0.1, 0.15) is 30.1 Å². The van der Waals surface area contributed by atoms with Crippen LogP contribution in [0.25, 0.3) is 0 Å². The summed E-state index contributed by atoms with van der Waals surface area (Å²) in [7, 11) is 0. The lowest BCUT2D eigenvalue weighted by atomic mass is 10.2. The van der Waals surface area contributed by atoms with Crippen LogP contribution >= 0.6 is 23.2 Å². The lowest BCUT2D eigenvalue weighted by Crippen LogP contribution is -2.34. The number of likely N-dealkylation sites (tertiary alicyclic amines) is 1. The molecule has 1 saturated heterocycles. The Morgan fingerprint density at radius 2 is 2.24 bits per heavy atom. The van der Waals surface area contributed by atoms with Crippen molar-refractivity contribution in [2.75, 3.05) is 6.54 Å². The van der Waals surface area contributed by atoms with E-state index in [9.17, 15) is 9.18 Å². The van der Waals surface area contributed by atoms with Gasteiger partial charge in [-0.2, -0.15) is 0 Å². The largest absolute Gasteiger partial charge is 0.336 e. The van der Waals surface area contributed by atoms with Crippen LogP contribution in [0.4, 0.5) is 4.39 Å². The van der Waals surface area contributed by atoms with Crippen molar-refractivity contribution in [3.05, 3.63) is 27.8 Å². The molecular formula is C11H11Cl2FN2O. The molecule has 0 aliphatic carbocycles. The highest BCUT2D eigenvalue weighted by molar-refractivity contribution is 6.34. The van der Waals surface area contributed by atoms with E-state index in [1.54, 1.807) is 4.90 Å². The average molecular weight is 277 g/mol. The number of carbonyl (C=O) groups is 1. The fourth-order valence-electron chi connectivity index (χ4n) is 1.99. The molecular weight excluding hydrogens is 266 g/mol. The van der Waals surface area contributed by atoms with Crippen LogP contribution in [0, 0.1) is 5.82 Å². The first-order valence-electron chi connectivity index (χ1n) is 5.33. The normalized spacial score (nSPS) is 19.8. The van der Waals surface area contributed by atoms with Crippen molar-refractivity contribution in [3.8, 4) is 0 Å². The first kappa shape index (κ1) is 12.6. The molecule has 1 amide bonds. The van der Waals surface area contributed by atoms with Gasteiger partial charge >= 0.3 is 0 Å². The molecule has 1 aromatic rings. The molecule has 1 fully saturated rings. The van der Waals surface area contributed by atoms with Crippen molar-refractivity contribution in [2.45, 2.75) is 25.8 Å². The predicted octanol–water partition coefficient (Wildman–Crippen LogP) is 3.15. The number of carbonyl (C=O) groups excluding carboxylic acids is 1. The zero-order chi connectivity index (χ0) is 12.6. The number of halogens is 3. The minimum atomic E-state index is -0.730. The second-order valence-corrected chi connectivity index (χ2v) is 4.81. The topological polar surface area (TPSA) is 33.2 Å².